The van der Waals surface area contributed by atoms with Crippen molar-refractivity contribution in [2.75, 3.05) is 6.61 Å². The van der Waals surface area contributed by atoms with E-state index in [0.717, 1.165) is 54.5 Å². The fraction of sp³-hybridized carbons (Fsp3) is 0.421. The monoisotopic (exact) mass is 430 g/mol. The predicted octanol–water partition coefficient (Wildman–Crippen LogP) is 3.58. The van der Waals surface area contributed by atoms with E-state index in [1.165, 1.54) is 28.9 Å². The smallest absolute Gasteiger partial charge is 0.287 e. The zero-order valence-corrected chi connectivity index (χ0v) is 17.1. The van der Waals surface area contributed by atoms with Crippen LogP contribution < -0.4 is 5.56 Å². The van der Waals surface area contributed by atoms with E-state index in [1.54, 1.807) is 22.0 Å². The van der Waals surface area contributed by atoms with Crippen LogP contribution in [0.1, 0.15) is 29.7 Å². The zero-order chi connectivity index (χ0) is 20.0. The number of aromatic nitrogens is 3. The molecule has 1 aliphatic heterocycles. The number of hydrogen-bond donors (Lipinski definition) is 0. The molecule has 8 nitrogen and oxygen atoms in total. The second-order valence-electron chi connectivity index (χ2n) is 7.20. The largest absolute Gasteiger partial charge is 0.376 e. The fourth-order valence-electron chi connectivity index (χ4n) is 3.92. The lowest BCUT2D eigenvalue weighted by Crippen LogP contribution is -2.28. The van der Waals surface area contributed by atoms with Crippen LogP contribution >= 0.6 is 23.1 Å². The minimum absolute atomic E-state index is 0.00260. The van der Waals surface area contributed by atoms with Gasteiger partial charge in [0.15, 0.2) is 5.16 Å². The molecule has 0 N–H and O–H groups in total. The number of pyridine rings is 1. The van der Waals surface area contributed by atoms with Crippen molar-refractivity contribution in [3.8, 4) is 0 Å². The highest BCUT2D eigenvalue weighted by Gasteiger charge is 2.26. The first kappa shape index (κ1) is 18.7. The Morgan fingerprint density at radius 2 is 2.24 bits per heavy atom. The standard InChI is InChI=1S/C19H18N4O4S2/c24-18-16-13-4-1-5-14(13)28-17(16)21-19(22(18)10-12-3-2-8-27-12)29-15-7-6-11(9-20-15)23(25)26/h6-7,9,12H,1-5,8,10H2/t12-/m1/s1. The molecule has 0 spiro atoms. The number of hydrogen-bond acceptors (Lipinski definition) is 8. The van der Waals surface area contributed by atoms with E-state index in [1.807, 2.05) is 0 Å². The van der Waals surface area contributed by atoms with E-state index in [0.29, 0.717) is 16.7 Å². The molecule has 0 unspecified atom stereocenters. The second kappa shape index (κ2) is 7.51. The Balaban J connectivity index is 1.58. The molecule has 4 heterocycles. The van der Waals surface area contributed by atoms with E-state index < -0.39 is 4.92 Å². The number of nitrogens with zero attached hydrogens (tertiary/aromatic N) is 4. The SMILES string of the molecule is O=c1c2c3c(sc2nc(Sc2ccc([N+](=O)[O-])cn2)n1C[C@H]1CCCO1)CCC3. The molecular formula is C19H18N4O4S2. The molecule has 29 heavy (non-hydrogen) atoms. The summed E-state index contributed by atoms with van der Waals surface area (Å²) < 4.78 is 7.47. The normalized spacial score (nSPS) is 18.4. The van der Waals surface area contributed by atoms with Gasteiger partial charge in [0, 0.05) is 17.6 Å². The maximum atomic E-state index is 13.4. The highest BCUT2D eigenvalue weighted by atomic mass is 32.2. The molecule has 0 radical (unpaired) electrons. The zero-order valence-electron chi connectivity index (χ0n) is 15.5. The van der Waals surface area contributed by atoms with Gasteiger partial charge in [-0.2, -0.15) is 0 Å². The van der Waals surface area contributed by atoms with E-state index in [4.69, 9.17) is 9.72 Å². The van der Waals surface area contributed by atoms with Gasteiger partial charge in [-0.15, -0.1) is 11.3 Å². The number of nitro groups is 1. The number of aryl methyl sites for hydroxylation is 2. The van der Waals surface area contributed by atoms with Crippen LogP contribution in [0, 0.1) is 10.1 Å². The van der Waals surface area contributed by atoms with Crippen molar-refractivity contribution >= 4 is 39.0 Å². The first-order valence-corrected chi connectivity index (χ1v) is 11.2. The Morgan fingerprint density at radius 1 is 1.34 bits per heavy atom. The molecule has 0 saturated carbocycles. The van der Waals surface area contributed by atoms with Gasteiger partial charge in [-0.1, -0.05) is 0 Å². The van der Waals surface area contributed by atoms with Gasteiger partial charge < -0.3 is 4.74 Å². The number of rotatable bonds is 5. The lowest BCUT2D eigenvalue weighted by atomic mass is 10.2. The summed E-state index contributed by atoms with van der Waals surface area (Å²) in [5, 5.41) is 12.7. The van der Waals surface area contributed by atoms with Crippen molar-refractivity contribution in [3.63, 3.8) is 0 Å². The molecule has 0 amide bonds. The number of thiophene rings is 1. The van der Waals surface area contributed by atoms with Crippen LogP contribution in [-0.4, -0.2) is 32.2 Å². The van der Waals surface area contributed by atoms with Crippen LogP contribution in [0.3, 0.4) is 0 Å². The molecule has 3 aromatic rings. The van der Waals surface area contributed by atoms with Gasteiger partial charge in [-0.05, 0) is 55.5 Å². The lowest BCUT2D eigenvalue weighted by Gasteiger charge is -2.15. The summed E-state index contributed by atoms with van der Waals surface area (Å²) in [6.07, 6.45) is 6.18. The first-order chi connectivity index (χ1) is 14.1. The predicted molar refractivity (Wildman–Crippen MR) is 110 cm³/mol. The van der Waals surface area contributed by atoms with Crippen LogP contribution in [0.15, 0.2) is 33.3 Å². The second-order valence-corrected chi connectivity index (χ2v) is 9.27. The summed E-state index contributed by atoms with van der Waals surface area (Å²) in [6, 6.07) is 3.00. The minimum atomic E-state index is -0.480. The lowest BCUT2D eigenvalue weighted by molar-refractivity contribution is -0.385. The van der Waals surface area contributed by atoms with Crippen molar-refractivity contribution in [2.45, 2.75) is 54.9 Å². The Hall–Kier alpha value is -2.30. The Kier molecular flexibility index (Phi) is 4.84. The van der Waals surface area contributed by atoms with Gasteiger partial charge in [0.05, 0.1) is 23.0 Å². The van der Waals surface area contributed by atoms with Gasteiger partial charge in [0.25, 0.3) is 11.2 Å². The van der Waals surface area contributed by atoms with Crippen LogP contribution in [0.5, 0.6) is 0 Å². The molecule has 1 aliphatic carbocycles. The van der Waals surface area contributed by atoms with Crippen LogP contribution in [0.25, 0.3) is 10.2 Å². The molecule has 5 rings (SSSR count). The molecule has 0 aromatic carbocycles. The van der Waals surface area contributed by atoms with Gasteiger partial charge in [-0.3, -0.25) is 19.5 Å². The van der Waals surface area contributed by atoms with E-state index in [9.17, 15) is 14.9 Å². The van der Waals surface area contributed by atoms with Crippen molar-refractivity contribution < 1.29 is 9.66 Å². The summed E-state index contributed by atoms with van der Waals surface area (Å²) in [5.41, 5.74) is 1.08. The third kappa shape index (κ3) is 3.45. The molecule has 2 aliphatic rings. The van der Waals surface area contributed by atoms with Crippen molar-refractivity contribution in [1.29, 1.82) is 0 Å². The maximum absolute atomic E-state index is 13.4. The molecule has 150 valence electrons. The molecule has 0 bridgehead atoms. The highest BCUT2D eigenvalue weighted by Crippen LogP contribution is 2.36. The molecule has 1 saturated heterocycles. The molecule has 10 heteroatoms. The summed E-state index contributed by atoms with van der Waals surface area (Å²) in [7, 11) is 0. The molecular weight excluding hydrogens is 412 g/mol. The summed E-state index contributed by atoms with van der Waals surface area (Å²) in [5.74, 6) is 0. The average Bonchev–Trinajstić information content (AvgIpc) is 3.42. The Morgan fingerprint density at radius 3 is 2.97 bits per heavy atom. The van der Waals surface area contributed by atoms with Crippen LogP contribution in [-0.2, 0) is 24.1 Å². The van der Waals surface area contributed by atoms with Crippen molar-refractivity contribution in [3.05, 3.63) is 49.2 Å². The minimum Gasteiger partial charge on any atom is -0.376 e. The quantitative estimate of drug-likeness (QED) is 0.346. The molecule has 1 fully saturated rings. The maximum Gasteiger partial charge on any atom is 0.287 e. The van der Waals surface area contributed by atoms with Crippen LogP contribution in [0.2, 0.25) is 0 Å². The fourth-order valence-corrected chi connectivity index (χ4v) is 6.07. The summed E-state index contributed by atoms with van der Waals surface area (Å²) in [6.45, 7) is 1.18. The molecule has 1 atom stereocenters. The first-order valence-electron chi connectivity index (χ1n) is 9.55. The highest BCUT2D eigenvalue weighted by molar-refractivity contribution is 7.99. The average molecular weight is 431 g/mol. The third-order valence-corrected chi connectivity index (χ3v) is 7.46. The summed E-state index contributed by atoms with van der Waals surface area (Å²) >= 11 is 2.86. The van der Waals surface area contributed by atoms with Gasteiger partial charge in [-0.25, -0.2) is 9.97 Å². The van der Waals surface area contributed by atoms with E-state index >= 15 is 0 Å². The Labute approximate surface area is 174 Å². The number of fused-ring (bicyclic) bond motifs is 3. The number of ether oxygens (including phenoxy) is 1. The van der Waals surface area contributed by atoms with Gasteiger partial charge in [0.2, 0.25) is 0 Å². The Bertz CT molecular complexity index is 1150. The van der Waals surface area contributed by atoms with Crippen molar-refractivity contribution in [2.24, 2.45) is 0 Å². The molecule has 3 aromatic heterocycles. The van der Waals surface area contributed by atoms with E-state index in [2.05, 4.69) is 4.98 Å². The van der Waals surface area contributed by atoms with Crippen molar-refractivity contribution in [1.82, 2.24) is 14.5 Å². The summed E-state index contributed by atoms with van der Waals surface area (Å²) in [4.78, 5) is 34.8. The van der Waals surface area contributed by atoms with Gasteiger partial charge in [0.1, 0.15) is 16.1 Å². The van der Waals surface area contributed by atoms with E-state index in [-0.39, 0.29) is 17.4 Å². The topological polar surface area (TPSA) is 100 Å². The van der Waals surface area contributed by atoms with Gasteiger partial charge >= 0.3 is 0 Å². The third-order valence-electron chi connectivity index (χ3n) is 5.33. The van der Waals surface area contributed by atoms with Crippen LogP contribution in [0.4, 0.5) is 5.69 Å².